The van der Waals surface area contributed by atoms with Crippen LogP contribution in [0.15, 0.2) is 54.6 Å². The Morgan fingerprint density at radius 3 is 2.29 bits per heavy atom. The first-order valence-corrected chi connectivity index (χ1v) is 6.99. The molecule has 0 bridgehead atoms. The van der Waals surface area contributed by atoms with E-state index in [0.717, 1.165) is 22.4 Å². The minimum absolute atomic E-state index is 0.471. The van der Waals surface area contributed by atoms with Crippen molar-refractivity contribution in [3.05, 3.63) is 65.2 Å². The van der Waals surface area contributed by atoms with E-state index in [4.69, 9.17) is 17.3 Å². The molecule has 3 rings (SSSR count). The highest BCUT2D eigenvalue weighted by Crippen LogP contribution is 2.30. The Labute approximate surface area is 128 Å². The lowest BCUT2D eigenvalue weighted by molar-refractivity contribution is 1.15. The van der Waals surface area contributed by atoms with Crippen LogP contribution in [0.5, 0.6) is 0 Å². The zero-order valence-electron chi connectivity index (χ0n) is 11.5. The van der Waals surface area contributed by atoms with E-state index < -0.39 is 0 Å². The Morgan fingerprint density at radius 2 is 1.57 bits per heavy atom. The molecule has 3 aromatic rings. The predicted molar refractivity (Wildman–Crippen MR) is 87.1 cm³/mol. The molecule has 0 aliphatic rings. The number of aromatic nitrogens is 2. The van der Waals surface area contributed by atoms with Gasteiger partial charge in [0, 0.05) is 16.7 Å². The van der Waals surface area contributed by atoms with Crippen LogP contribution in [0.2, 0.25) is 5.02 Å². The molecule has 1 aromatic heterocycles. The van der Waals surface area contributed by atoms with Crippen LogP contribution in [-0.4, -0.2) is 9.97 Å². The Bertz CT molecular complexity index is 785. The summed E-state index contributed by atoms with van der Waals surface area (Å²) in [7, 11) is 0. The van der Waals surface area contributed by atoms with Crippen LogP contribution in [0.4, 0.5) is 5.82 Å². The van der Waals surface area contributed by atoms with E-state index in [1.807, 2.05) is 61.5 Å². The van der Waals surface area contributed by atoms with Gasteiger partial charge in [-0.15, -0.1) is 0 Å². The first-order chi connectivity index (χ1) is 10.2. The van der Waals surface area contributed by atoms with Gasteiger partial charge in [-0.05, 0) is 19.1 Å². The maximum Gasteiger partial charge on any atom is 0.163 e. The third-order valence-electron chi connectivity index (χ3n) is 3.35. The quantitative estimate of drug-likeness (QED) is 0.764. The Hall–Kier alpha value is -2.39. The summed E-state index contributed by atoms with van der Waals surface area (Å²) in [5.41, 5.74) is 9.55. The fourth-order valence-corrected chi connectivity index (χ4v) is 2.39. The number of halogens is 1. The summed E-state index contributed by atoms with van der Waals surface area (Å²) in [5.74, 6) is 1.02. The zero-order valence-corrected chi connectivity index (χ0v) is 12.3. The van der Waals surface area contributed by atoms with Crippen LogP contribution >= 0.6 is 11.6 Å². The number of anilines is 1. The standard InChI is InChI=1S/C17H14ClN3/c1-11-15(12-7-3-2-4-8-12)20-17(21-16(11)19)13-9-5-6-10-14(13)18/h2-10H,1H3,(H2,19,20,21). The topological polar surface area (TPSA) is 51.8 Å². The monoisotopic (exact) mass is 295 g/mol. The van der Waals surface area contributed by atoms with Gasteiger partial charge in [-0.25, -0.2) is 9.97 Å². The molecule has 0 atom stereocenters. The van der Waals surface area contributed by atoms with Gasteiger partial charge >= 0.3 is 0 Å². The second-order valence-electron chi connectivity index (χ2n) is 4.75. The molecule has 0 aliphatic carbocycles. The molecule has 2 aromatic carbocycles. The number of nitrogens with zero attached hydrogens (tertiary/aromatic N) is 2. The van der Waals surface area contributed by atoms with E-state index in [1.54, 1.807) is 0 Å². The molecule has 0 radical (unpaired) electrons. The molecule has 4 heteroatoms. The average Bonchev–Trinajstić information content (AvgIpc) is 2.51. The lowest BCUT2D eigenvalue weighted by Gasteiger charge is -2.11. The molecular weight excluding hydrogens is 282 g/mol. The van der Waals surface area contributed by atoms with Crippen molar-refractivity contribution in [2.45, 2.75) is 6.92 Å². The van der Waals surface area contributed by atoms with Gasteiger partial charge in [0.05, 0.1) is 10.7 Å². The molecule has 21 heavy (non-hydrogen) atoms. The summed E-state index contributed by atoms with van der Waals surface area (Å²) in [6, 6.07) is 17.4. The molecule has 0 saturated carbocycles. The van der Waals surface area contributed by atoms with Crippen molar-refractivity contribution in [2.24, 2.45) is 0 Å². The van der Waals surface area contributed by atoms with E-state index in [0.29, 0.717) is 16.7 Å². The minimum atomic E-state index is 0.471. The van der Waals surface area contributed by atoms with Crippen LogP contribution in [0.25, 0.3) is 22.6 Å². The lowest BCUT2D eigenvalue weighted by Crippen LogP contribution is -2.02. The second-order valence-corrected chi connectivity index (χ2v) is 5.16. The SMILES string of the molecule is Cc1c(N)nc(-c2ccccc2Cl)nc1-c1ccccc1. The minimum Gasteiger partial charge on any atom is -0.383 e. The van der Waals surface area contributed by atoms with E-state index in [1.165, 1.54) is 0 Å². The van der Waals surface area contributed by atoms with E-state index in [2.05, 4.69) is 9.97 Å². The van der Waals surface area contributed by atoms with Crippen molar-refractivity contribution in [1.29, 1.82) is 0 Å². The first kappa shape index (κ1) is 13.6. The van der Waals surface area contributed by atoms with Gasteiger partial charge in [0.2, 0.25) is 0 Å². The zero-order chi connectivity index (χ0) is 14.8. The van der Waals surface area contributed by atoms with Gasteiger partial charge in [-0.3, -0.25) is 0 Å². The second kappa shape index (κ2) is 5.54. The van der Waals surface area contributed by atoms with Crippen LogP contribution in [0, 0.1) is 6.92 Å². The number of nitrogens with two attached hydrogens (primary N) is 1. The van der Waals surface area contributed by atoms with Crippen molar-refractivity contribution < 1.29 is 0 Å². The fourth-order valence-electron chi connectivity index (χ4n) is 2.17. The summed E-state index contributed by atoms with van der Waals surface area (Å²) in [5, 5.41) is 0.611. The molecule has 0 amide bonds. The van der Waals surface area contributed by atoms with E-state index in [9.17, 15) is 0 Å². The van der Waals surface area contributed by atoms with Gasteiger partial charge in [-0.1, -0.05) is 54.1 Å². The molecule has 104 valence electrons. The third-order valence-corrected chi connectivity index (χ3v) is 3.68. The largest absolute Gasteiger partial charge is 0.383 e. The maximum atomic E-state index is 6.23. The maximum absolute atomic E-state index is 6.23. The Morgan fingerprint density at radius 1 is 0.905 bits per heavy atom. The number of nitrogen functional groups attached to an aromatic ring is 1. The summed E-state index contributed by atoms with van der Waals surface area (Å²) in [6.45, 7) is 1.92. The normalized spacial score (nSPS) is 10.6. The highest BCUT2D eigenvalue weighted by molar-refractivity contribution is 6.33. The van der Waals surface area contributed by atoms with Crippen LogP contribution in [-0.2, 0) is 0 Å². The predicted octanol–water partition coefficient (Wildman–Crippen LogP) is 4.35. The van der Waals surface area contributed by atoms with Gasteiger partial charge in [0.15, 0.2) is 5.82 Å². The summed E-state index contributed by atoms with van der Waals surface area (Å²) >= 11 is 6.23. The molecule has 0 unspecified atom stereocenters. The van der Waals surface area contributed by atoms with Gasteiger partial charge < -0.3 is 5.73 Å². The van der Waals surface area contributed by atoms with Crippen molar-refractivity contribution in [2.75, 3.05) is 5.73 Å². The number of hydrogen-bond donors (Lipinski definition) is 1. The van der Waals surface area contributed by atoms with Crippen LogP contribution < -0.4 is 5.73 Å². The fraction of sp³-hybridized carbons (Fsp3) is 0.0588. The third kappa shape index (κ3) is 2.60. The molecular formula is C17H14ClN3. The van der Waals surface area contributed by atoms with E-state index >= 15 is 0 Å². The summed E-state index contributed by atoms with van der Waals surface area (Å²) < 4.78 is 0. The first-order valence-electron chi connectivity index (χ1n) is 6.61. The molecule has 1 heterocycles. The smallest absolute Gasteiger partial charge is 0.163 e. The van der Waals surface area contributed by atoms with Crippen LogP contribution in [0.3, 0.4) is 0 Å². The molecule has 0 spiro atoms. The number of benzene rings is 2. The average molecular weight is 296 g/mol. The Balaban J connectivity index is 2.22. The van der Waals surface area contributed by atoms with Crippen molar-refractivity contribution >= 4 is 17.4 Å². The van der Waals surface area contributed by atoms with Crippen molar-refractivity contribution in [3.8, 4) is 22.6 Å². The highest BCUT2D eigenvalue weighted by atomic mass is 35.5. The van der Waals surface area contributed by atoms with E-state index in [-0.39, 0.29) is 0 Å². The summed E-state index contributed by atoms with van der Waals surface area (Å²) in [4.78, 5) is 9.03. The van der Waals surface area contributed by atoms with Crippen LogP contribution in [0.1, 0.15) is 5.56 Å². The van der Waals surface area contributed by atoms with Crippen molar-refractivity contribution in [3.63, 3.8) is 0 Å². The highest BCUT2D eigenvalue weighted by Gasteiger charge is 2.13. The molecule has 0 saturated heterocycles. The Kier molecular flexibility index (Phi) is 3.59. The molecule has 2 N–H and O–H groups in total. The van der Waals surface area contributed by atoms with Gasteiger partial charge in [0.1, 0.15) is 5.82 Å². The number of hydrogen-bond acceptors (Lipinski definition) is 3. The lowest BCUT2D eigenvalue weighted by atomic mass is 10.1. The molecule has 0 fully saturated rings. The summed E-state index contributed by atoms with van der Waals surface area (Å²) in [6.07, 6.45) is 0. The van der Waals surface area contributed by atoms with Gasteiger partial charge in [-0.2, -0.15) is 0 Å². The molecule has 3 nitrogen and oxygen atoms in total. The number of rotatable bonds is 2. The van der Waals surface area contributed by atoms with Gasteiger partial charge in [0.25, 0.3) is 0 Å². The molecule has 0 aliphatic heterocycles. The van der Waals surface area contributed by atoms with Crippen molar-refractivity contribution in [1.82, 2.24) is 9.97 Å².